The summed E-state index contributed by atoms with van der Waals surface area (Å²) in [6.45, 7) is 1.83. The van der Waals surface area contributed by atoms with Gasteiger partial charge in [0.05, 0.1) is 38.8 Å². The summed E-state index contributed by atoms with van der Waals surface area (Å²) in [6, 6.07) is 11.1. The van der Waals surface area contributed by atoms with Gasteiger partial charge in [-0.05, 0) is 42.3 Å². The van der Waals surface area contributed by atoms with E-state index in [9.17, 15) is 8.60 Å². The van der Waals surface area contributed by atoms with E-state index in [4.69, 9.17) is 11.0 Å². The van der Waals surface area contributed by atoms with Crippen molar-refractivity contribution in [3.05, 3.63) is 58.9 Å². The van der Waals surface area contributed by atoms with E-state index in [2.05, 4.69) is 0 Å². The van der Waals surface area contributed by atoms with E-state index in [1.165, 1.54) is 18.2 Å². The Morgan fingerprint density at radius 2 is 2.10 bits per heavy atom. The van der Waals surface area contributed by atoms with E-state index >= 15 is 0 Å². The predicted octanol–water partition coefficient (Wildman–Crippen LogP) is 2.90. The molecule has 0 saturated carbocycles. The van der Waals surface area contributed by atoms with Crippen LogP contribution in [0.3, 0.4) is 0 Å². The standard InChI is InChI=1S/C15H13FN2OS/c1-10-3-2-4-14(15(10)18)20(19)9-12-7-13(16)6-5-11(12)8-17/h2-7H,9,18H2,1H3. The zero-order chi connectivity index (χ0) is 14.7. The van der Waals surface area contributed by atoms with Gasteiger partial charge in [0.15, 0.2) is 0 Å². The van der Waals surface area contributed by atoms with Crippen LogP contribution in [0.4, 0.5) is 10.1 Å². The molecule has 2 aromatic rings. The molecule has 0 amide bonds. The number of hydrogen-bond acceptors (Lipinski definition) is 3. The lowest BCUT2D eigenvalue weighted by atomic mass is 10.1. The second-order valence-corrected chi connectivity index (χ2v) is 5.81. The van der Waals surface area contributed by atoms with Crippen LogP contribution in [-0.2, 0) is 16.6 Å². The molecule has 20 heavy (non-hydrogen) atoms. The van der Waals surface area contributed by atoms with E-state index in [-0.39, 0.29) is 5.75 Å². The molecular formula is C15H13FN2OS. The van der Waals surface area contributed by atoms with Gasteiger partial charge in [-0.2, -0.15) is 5.26 Å². The van der Waals surface area contributed by atoms with Crippen LogP contribution in [0.15, 0.2) is 41.3 Å². The first-order valence-electron chi connectivity index (χ1n) is 5.95. The first-order chi connectivity index (χ1) is 9.52. The van der Waals surface area contributed by atoms with Crippen LogP contribution in [0.1, 0.15) is 16.7 Å². The van der Waals surface area contributed by atoms with Gasteiger partial charge in [0.1, 0.15) is 5.82 Å². The molecule has 0 heterocycles. The van der Waals surface area contributed by atoms with E-state index in [1.54, 1.807) is 12.1 Å². The minimum Gasteiger partial charge on any atom is -0.398 e. The maximum atomic E-state index is 13.2. The van der Waals surface area contributed by atoms with Crippen LogP contribution < -0.4 is 5.73 Å². The predicted molar refractivity (Wildman–Crippen MR) is 76.8 cm³/mol. The van der Waals surface area contributed by atoms with Crippen LogP contribution in [0.25, 0.3) is 0 Å². The van der Waals surface area contributed by atoms with Gasteiger partial charge >= 0.3 is 0 Å². The molecule has 0 radical (unpaired) electrons. The van der Waals surface area contributed by atoms with E-state index < -0.39 is 16.6 Å². The third kappa shape index (κ3) is 2.86. The number of nitrogen functional groups attached to an aromatic ring is 1. The van der Waals surface area contributed by atoms with Gasteiger partial charge in [-0.25, -0.2) is 4.39 Å². The smallest absolute Gasteiger partial charge is 0.123 e. The molecule has 5 heteroatoms. The van der Waals surface area contributed by atoms with Crippen molar-refractivity contribution in [3.63, 3.8) is 0 Å². The number of halogens is 1. The second-order valence-electron chi connectivity index (χ2n) is 4.39. The summed E-state index contributed by atoms with van der Waals surface area (Å²) in [5.41, 5.74) is 7.97. The van der Waals surface area contributed by atoms with Crippen molar-refractivity contribution in [1.82, 2.24) is 0 Å². The summed E-state index contributed by atoms with van der Waals surface area (Å²) in [5, 5.41) is 9.00. The molecule has 0 aliphatic heterocycles. The molecule has 0 saturated heterocycles. The molecule has 0 aromatic heterocycles. The molecule has 1 atom stereocenters. The number of nitrogens with two attached hydrogens (primary N) is 1. The van der Waals surface area contributed by atoms with E-state index in [0.29, 0.717) is 21.7 Å². The number of anilines is 1. The Morgan fingerprint density at radius 3 is 2.80 bits per heavy atom. The van der Waals surface area contributed by atoms with E-state index in [1.807, 2.05) is 19.1 Å². The first kappa shape index (κ1) is 14.2. The molecule has 102 valence electrons. The van der Waals surface area contributed by atoms with Crippen molar-refractivity contribution in [3.8, 4) is 6.07 Å². The molecule has 2 rings (SSSR count). The highest BCUT2D eigenvalue weighted by Crippen LogP contribution is 2.23. The second kappa shape index (κ2) is 5.85. The molecule has 1 unspecified atom stereocenters. The van der Waals surface area contributed by atoms with Crippen LogP contribution >= 0.6 is 0 Å². The lowest BCUT2D eigenvalue weighted by Gasteiger charge is -2.09. The van der Waals surface area contributed by atoms with Gasteiger partial charge in [-0.3, -0.25) is 4.21 Å². The number of nitriles is 1. The Morgan fingerprint density at radius 1 is 1.35 bits per heavy atom. The highest BCUT2D eigenvalue weighted by molar-refractivity contribution is 7.84. The number of rotatable bonds is 3. The molecule has 2 N–H and O–H groups in total. The topological polar surface area (TPSA) is 66.9 Å². The van der Waals surface area contributed by atoms with Gasteiger partial charge in [0.2, 0.25) is 0 Å². The molecular weight excluding hydrogens is 275 g/mol. The van der Waals surface area contributed by atoms with Crippen molar-refractivity contribution in [2.45, 2.75) is 17.6 Å². The largest absolute Gasteiger partial charge is 0.398 e. The van der Waals surface area contributed by atoms with Gasteiger partial charge < -0.3 is 5.73 Å². The van der Waals surface area contributed by atoms with E-state index in [0.717, 1.165) is 5.56 Å². The highest BCUT2D eigenvalue weighted by atomic mass is 32.2. The SMILES string of the molecule is Cc1cccc(S(=O)Cc2cc(F)ccc2C#N)c1N. The number of nitrogens with zero attached hydrogens (tertiary/aromatic N) is 1. The van der Waals surface area contributed by atoms with Crippen molar-refractivity contribution in [1.29, 1.82) is 5.26 Å². The normalized spacial score (nSPS) is 11.8. The number of para-hydroxylation sites is 1. The van der Waals surface area contributed by atoms with Crippen LogP contribution in [0.5, 0.6) is 0 Å². The zero-order valence-electron chi connectivity index (χ0n) is 10.9. The summed E-state index contributed by atoms with van der Waals surface area (Å²) in [5.74, 6) is -0.387. The Labute approximate surface area is 119 Å². The first-order valence-corrected chi connectivity index (χ1v) is 7.27. The molecule has 0 fully saturated rings. The highest BCUT2D eigenvalue weighted by Gasteiger charge is 2.13. The number of hydrogen-bond donors (Lipinski definition) is 1. The fraction of sp³-hybridized carbons (Fsp3) is 0.133. The Hall–Kier alpha value is -2.19. The summed E-state index contributed by atoms with van der Waals surface area (Å²) in [4.78, 5) is 0.512. The van der Waals surface area contributed by atoms with Crippen LogP contribution in [-0.4, -0.2) is 4.21 Å². The van der Waals surface area contributed by atoms with Gasteiger partial charge in [-0.1, -0.05) is 12.1 Å². The summed E-state index contributed by atoms with van der Waals surface area (Å²) < 4.78 is 25.6. The van der Waals surface area contributed by atoms with Crippen molar-refractivity contribution < 1.29 is 8.60 Å². The molecule has 0 spiro atoms. The molecule has 3 nitrogen and oxygen atoms in total. The fourth-order valence-electron chi connectivity index (χ4n) is 1.86. The average molecular weight is 288 g/mol. The van der Waals surface area contributed by atoms with Crippen LogP contribution in [0.2, 0.25) is 0 Å². The minimum absolute atomic E-state index is 0.0638. The summed E-state index contributed by atoms with van der Waals surface area (Å²) in [7, 11) is -1.42. The molecule has 0 aliphatic rings. The van der Waals surface area contributed by atoms with Crippen molar-refractivity contribution in [2.75, 3.05) is 5.73 Å². The summed E-state index contributed by atoms with van der Waals surface area (Å²) in [6.07, 6.45) is 0. The average Bonchev–Trinajstić information content (AvgIpc) is 2.42. The Bertz CT molecular complexity index is 722. The number of benzene rings is 2. The molecule has 0 bridgehead atoms. The van der Waals surface area contributed by atoms with Gasteiger partial charge in [0.25, 0.3) is 0 Å². The minimum atomic E-state index is -1.42. The maximum absolute atomic E-state index is 13.2. The van der Waals surface area contributed by atoms with Gasteiger partial charge in [0, 0.05) is 0 Å². The Balaban J connectivity index is 2.35. The quantitative estimate of drug-likeness (QED) is 0.883. The maximum Gasteiger partial charge on any atom is 0.123 e. The summed E-state index contributed by atoms with van der Waals surface area (Å²) >= 11 is 0. The molecule has 0 aliphatic carbocycles. The molecule has 2 aromatic carbocycles. The van der Waals surface area contributed by atoms with Crippen LogP contribution in [0, 0.1) is 24.1 Å². The van der Waals surface area contributed by atoms with Crippen molar-refractivity contribution >= 4 is 16.5 Å². The fourth-order valence-corrected chi connectivity index (χ4v) is 3.18. The zero-order valence-corrected chi connectivity index (χ0v) is 11.7. The third-order valence-electron chi connectivity index (χ3n) is 3.00. The third-order valence-corrected chi connectivity index (χ3v) is 4.42. The van der Waals surface area contributed by atoms with Gasteiger partial charge in [-0.15, -0.1) is 0 Å². The number of aryl methyl sites for hydroxylation is 1. The lowest BCUT2D eigenvalue weighted by molar-refractivity contribution is 0.626. The van der Waals surface area contributed by atoms with Crippen molar-refractivity contribution in [2.24, 2.45) is 0 Å². The lowest BCUT2D eigenvalue weighted by Crippen LogP contribution is -2.04. The Kier molecular flexibility index (Phi) is 4.16. The monoisotopic (exact) mass is 288 g/mol.